The fourth-order valence-corrected chi connectivity index (χ4v) is 1.55. The van der Waals surface area contributed by atoms with Crippen LogP contribution in [0.25, 0.3) is 0 Å². The van der Waals surface area contributed by atoms with Crippen LogP contribution in [0.1, 0.15) is 25.3 Å². The average molecular weight is 251 g/mol. The van der Waals surface area contributed by atoms with E-state index in [4.69, 9.17) is 11.6 Å². The van der Waals surface area contributed by atoms with Gasteiger partial charge in [0.25, 0.3) is 0 Å². The minimum atomic E-state index is -4.40. The van der Waals surface area contributed by atoms with E-state index < -0.39 is 11.7 Å². The van der Waals surface area contributed by atoms with Gasteiger partial charge in [0.05, 0.1) is 5.56 Å². The van der Waals surface area contributed by atoms with Crippen LogP contribution in [0.5, 0.6) is 0 Å². The molecule has 0 saturated heterocycles. The standard InChI is InChI=1S/C10H10ClF3N2/c1-9(2-3-9)16-8-5-6(10(12,13)14)4-7(11)15-8/h4-5H,2-3H2,1H3,(H,15,16). The molecule has 1 N–H and O–H groups in total. The molecule has 0 amide bonds. The summed E-state index contributed by atoms with van der Waals surface area (Å²) in [6.07, 6.45) is -2.53. The van der Waals surface area contributed by atoms with Gasteiger partial charge in [-0.05, 0) is 31.9 Å². The minimum absolute atomic E-state index is 0.124. The average Bonchev–Trinajstić information content (AvgIpc) is 2.80. The number of anilines is 1. The molecule has 0 aromatic carbocycles. The number of nitrogens with zero attached hydrogens (tertiary/aromatic N) is 1. The summed E-state index contributed by atoms with van der Waals surface area (Å²) in [4.78, 5) is 3.83. The molecule has 2 rings (SSSR count). The van der Waals surface area contributed by atoms with Gasteiger partial charge < -0.3 is 5.32 Å². The van der Waals surface area contributed by atoms with E-state index in [2.05, 4.69) is 10.3 Å². The van der Waals surface area contributed by atoms with Crippen LogP contribution in [-0.4, -0.2) is 10.5 Å². The summed E-state index contributed by atoms with van der Waals surface area (Å²) in [5, 5.41) is 2.80. The lowest BCUT2D eigenvalue weighted by atomic mass is 10.2. The molecule has 6 heteroatoms. The summed E-state index contributed by atoms with van der Waals surface area (Å²) >= 11 is 5.55. The quantitative estimate of drug-likeness (QED) is 0.810. The van der Waals surface area contributed by atoms with Crippen molar-refractivity contribution in [2.45, 2.75) is 31.5 Å². The lowest BCUT2D eigenvalue weighted by Crippen LogP contribution is -2.18. The highest BCUT2D eigenvalue weighted by Crippen LogP contribution is 2.39. The zero-order valence-electron chi connectivity index (χ0n) is 8.53. The van der Waals surface area contributed by atoms with Gasteiger partial charge in [-0.25, -0.2) is 4.98 Å². The molecule has 0 aliphatic heterocycles. The second-order valence-corrected chi connectivity index (χ2v) is 4.63. The van der Waals surface area contributed by atoms with Crippen LogP contribution in [0.15, 0.2) is 12.1 Å². The van der Waals surface area contributed by atoms with Crippen molar-refractivity contribution in [1.82, 2.24) is 4.98 Å². The highest BCUT2D eigenvalue weighted by Gasteiger charge is 2.38. The first-order chi connectivity index (χ1) is 7.28. The maximum atomic E-state index is 12.5. The molecule has 1 heterocycles. The maximum absolute atomic E-state index is 12.5. The number of hydrogen-bond donors (Lipinski definition) is 1. The Morgan fingerprint density at radius 3 is 2.50 bits per heavy atom. The molecule has 1 saturated carbocycles. The first kappa shape index (κ1) is 11.5. The van der Waals surface area contributed by atoms with E-state index in [1.165, 1.54) is 0 Å². The second kappa shape index (κ2) is 3.52. The molecular weight excluding hydrogens is 241 g/mol. The normalized spacial score (nSPS) is 18.3. The van der Waals surface area contributed by atoms with Crippen LogP contribution in [0.3, 0.4) is 0 Å². The van der Waals surface area contributed by atoms with E-state index in [0.29, 0.717) is 0 Å². The molecule has 0 radical (unpaired) electrons. The molecule has 0 atom stereocenters. The van der Waals surface area contributed by atoms with Crippen LogP contribution < -0.4 is 5.32 Å². The molecule has 0 bridgehead atoms. The van der Waals surface area contributed by atoms with Crippen LogP contribution >= 0.6 is 11.6 Å². The highest BCUT2D eigenvalue weighted by atomic mass is 35.5. The van der Waals surface area contributed by atoms with E-state index in [-0.39, 0.29) is 16.5 Å². The first-order valence-corrected chi connectivity index (χ1v) is 5.19. The van der Waals surface area contributed by atoms with Crippen LogP contribution in [0.2, 0.25) is 5.15 Å². The van der Waals surface area contributed by atoms with Crippen molar-refractivity contribution in [3.8, 4) is 0 Å². The summed E-state index contributed by atoms with van der Waals surface area (Å²) in [6.45, 7) is 1.93. The van der Waals surface area contributed by atoms with Crippen molar-refractivity contribution in [2.75, 3.05) is 5.32 Å². The van der Waals surface area contributed by atoms with Gasteiger partial charge >= 0.3 is 6.18 Å². The second-order valence-electron chi connectivity index (χ2n) is 4.25. The summed E-state index contributed by atoms with van der Waals surface area (Å²) < 4.78 is 37.4. The fourth-order valence-electron chi connectivity index (χ4n) is 1.35. The predicted octanol–water partition coefficient (Wildman–Crippen LogP) is 3.72. The molecule has 1 aromatic rings. The third kappa shape index (κ3) is 2.58. The number of nitrogens with one attached hydrogen (secondary N) is 1. The Labute approximate surface area is 95.8 Å². The molecular formula is C10H10ClF3N2. The van der Waals surface area contributed by atoms with E-state index in [9.17, 15) is 13.2 Å². The fraction of sp³-hybridized carbons (Fsp3) is 0.500. The van der Waals surface area contributed by atoms with E-state index in [0.717, 1.165) is 25.0 Å². The van der Waals surface area contributed by atoms with Gasteiger partial charge in [-0.1, -0.05) is 11.6 Å². The largest absolute Gasteiger partial charge is 0.416 e. The summed E-state index contributed by atoms with van der Waals surface area (Å²) in [6, 6.07) is 1.80. The number of halogens is 4. The topological polar surface area (TPSA) is 24.9 Å². The molecule has 88 valence electrons. The number of rotatable bonds is 2. The van der Waals surface area contributed by atoms with Crippen molar-refractivity contribution >= 4 is 17.4 Å². The maximum Gasteiger partial charge on any atom is 0.416 e. The number of alkyl halides is 3. The molecule has 1 aliphatic carbocycles. The van der Waals surface area contributed by atoms with Gasteiger partial charge in [-0.2, -0.15) is 13.2 Å². The Balaban J connectivity index is 2.29. The summed E-state index contributed by atoms with van der Waals surface area (Å²) in [5.74, 6) is 0.180. The summed E-state index contributed by atoms with van der Waals surface area (Å²) in [7, 11) is 0. The Bertz CT molecular complexity index is 413. The third-order valence-electron chi connectivity index (χ3n) is 2.55. The first-order valence-electron chi connectivity index (χ1n) is 4.81. The van der Waals surface area contributed by atoms with Crippen molar-refractivity contribution < 1.29 is 13.2 Å². The monoisotopic (exact) mass is 250 g/mol. The van der Waals surface area contributed by atoms with Gasteiger partial charge in [0.15, 0.2) is 0 Å². The SMILES string of the molecule is CC1(Nc2cc(C(F)(F)F)cc(Cl)n2)CC1. The number of pyridine rings is 1. The van der Waals surface area contributed by atoms with Gasteiger partial charge in [-0.3, -0.25) is 0 Å². The Morgan fingerprint density at radius 1 is 1.38 bits per heavy atom. The molecule has 2 nitrogen and oxygen atoms in total. The lowest BCUT2D eigenvalue weighted by molar-refractivity contribution is -0.137. The predicted molar refractivity (Wildman–Crippen MR) is 55.5 cm³/mol. The highest BCUT2D eigenvalue weighted by molar-refractivity contribution is 6.29. The van der Waals surface area contributed by atoms with Gasteiger partial charge in [0.2, 0.25) is 0 Å². The molecule has 1 fully saturated rings. The van der Waals surface area contributed by atoms with Crippen LogP contribution in [0.4, 0.5) is 19.0 Å². The van der Waals surface area contributed by atoms with E-state index in [1.807, 2.05) is 6.92 Å². The van der Waals surface area contributed by atoms with Gasteiger partial charge in [0, 0.05) is 5.54 Å². The Morgan fingerprint density at radius 2 is 2.00 bits per heavy atom. The molecule has 0 unspecified atom stereocenters. The van der Waals surface area contributed by atoms with Gasteiger partial charge in [-0.15, -0.1) is 0 Å². The number of aromatic nitrogens is 1. The van der Waals surface area contributed by atoms with Crippen LogP contribution in [-0.2, 0) is 6.18 Å². The van der Waals surface area contributed by atoms with Crippen molar-refractivity contribution in [2.24, 2.45) is 0 Å². The smallest absolute Gasteiger partial charge is 0.365 e. The van der Waals surface area contributed by atoms with E-state index >= 15 is 0 Å². The van der Waals surface area contributed by atoms with Crippen LogP contribution in [0, 0.1) is 0 Å². The Hall–Kier alpha value is -0.970. The Kier molecular flexibility index (Phi) is 2.53. The van der Waals surface area contributed by atoms with Crippen molar-refractivity contribution in [3.05, 3.63) is 22.8 Å². The van der Waals surface area contributed by atoms with Gasteiger partial charge in [0.1, 0.15) is 11.0 Å². The zero-order chi connectivity index (χ0) is 12.0. The molecule has 0 spiro atoms. The minimum Gasteiger partial charge on any atom is -0.365 e. The lowest BCUT2D eigenvalue weighted by Gasteiger charge is -2.14. The number of hydrogen-bond acceptors (Lipinski definition) is 2. The summed E-state index contributed by atoms with van der Waals surface area (Å²) in [5.41, 5.74) is -0.903. The van der Waals surface area contributed by atoms with Crippen molar-refractivity contribution in [1.29, 1.82) is 0 Å². The van der Waals surface area contributed by atoms with E-state index in [1.54, 1.807) is 0 Å². The molecule has 16 heavy (non-hydrogen) atoms. The zero-order valence-corrected chi connectivity index (χ0v) is 9.28. The van der Waals surface area contributed by atoms with Crippen molar-refractivity contribution in [3.63, 3.8) is 0 Å². The molecule has 1 aliphatic rings. The third-order valence-corrected chi connectivity index (χ3v) is 2.74. The molecule has 1 aromatic heterocycles.